The Balaban J connectivity index is 1.75. The van der Waals surface area contributed by atoms with E-state index in [-0.39, 0.29) is 23.3 Å². The van der Waals surface area contributed by atoms with E-state index in [1.54, 1.807) is 4.57 Å². The molecule has 0 saturated carbocycles. The van der Waals surface area contributed by atoms with Gasteiger partial charge in [-0.2, -0.15) is 0 Å². The number of aromatic nitrogens is 3. The highest BCUT2D eigenvalue weighted by Crippen LogP contribution is 2.20. The molecule has 3 aromatic rings. The van der Waals surface area contributed by atoms with Gasteiger partial charge in [-0.25, -0.2) is 4.98 Å². The van der Waals surface area contributed by atoms with Gasteiger partial charge in [0.25, 0.3) is 5.56 Å². The number of nitrogens with zero attached hydrogens (tertiary/aromatic N) is 2. The van der Waals surface area contributed by atoms with Crippen LogP contribution in [0.5, 0.6) is 0 Å². The summed E-state index contributed by atoms with van der Waals surface area (Å²) in [4.78, 5) is 33.3. The number of aryl methyl sites for hydroxylation is 2. The average Bonchev–Trinajstić information content (AvgIpc) is 3.06. The molecule has 30 heavy (non-hydrogen) atoms. The number of carbonyl (C=O) groups is 1. The van der Waals surface area contributed by atoms with Crippen LogP contribution in [0.25, 0.3) is 11.0 Å². The van der Waals surface area contributed by atoms with Gasteiger partial charge in [0.15, 0.2) is 5.16 Å². The molecular weight excluding hydrogens is 396 g/mol. The van der Waals surface area contributed by atoms with E-state index in [9.17, 15) is 9.59 Å². The van der Waals surface area contributed by atoms with E-state index in [0.29, 0.717) is 28.7 Å². The van der Waals surface area contributed by atoms with Crippen LogP contribution in [0.4, 0.5) is 0 Å². The third kappa shape index (κ3) is 5.33. The summed E-state index contributed by atoms with van der Waals surface area (Å²) in [6.45, 7) is 10.8. The number of aromatic amines is 1. The predicted octanol–water partition coefficient (Wildman–Crippen LogP) is 4.36. The number of nitrogens with one attached hydrogen (secondary N) is 2. The van der Waals surface area contributed by atoms with Crippen LogP contribution in [-0.4, -0.2) is 26.2 Å². The first-order valence-electron chi connectivity index (χ1n) is 10.3. The fourth-order valence-electron chi connectivity index (χ4n) is 3.26. The van der Waals surface area contributed by atoms with Gasteiger partial charge in [0.05, 0.1) is 17.3 Å². The zero-order valence-corrected chi connectivity index (χ0v) is 19.1. The van der Waals surface area contributed by atoms with Crippen LogP contribution < -0.4 is 10.9 Å². The quantitative estimate of drug-likeness (QED) is 0.414. The summed E-state index contributed by atoms with van der Waals surface area (Å²) in [5.41, 5.74) is 4.25. The first-order valence-corrected chi connectivity index (χ1v) is 11.3. The minimum atomic E-state index is -0.0805. The van der Waals surface area contributed by atoms with Gasteiger partial charge in [0.2, 0.25) is 5.91 Å². The standard InChI is InChI=1S/C23H30N4O2S/c1-14(2)10-11-27-22(29)21-19(12-16(4)24-21)26-23(27)30-13-20(28)25-17(5)18-8-6-15(3)7-9-18/h6-9,12,14,17,24H,10-11,13H2,1-5H3,(H,25,28)/t17-/m1/s1. The number of carbonyl (C=O) groups excluding carboxylic acids is 1. The summed E-state index contributed by atoms with van der Waals surface area (Å²) in [7, 11) is 0. The van der Waals surface area contributed by atoms with Crippen molar-refractivity contribution in [2.75, 3.05) is 5.75 Å². The Labute approximate surface area is 181 Å². The number of H-pyrrole nitrogens is 1. The Morgan fingerprint density at radius 1 is 1.20 bits per heavy atom. The van der Waals surface area contributed by atoms with E-state index >= 15 is 0 Å². The maximum Gasteiger partial charge on any atom is 0.278 e. The van der Waals surface area contributed by atoms with Crippen LogP contribution in [0.2, 0.25) is 0 Å². The lowest BCUT2D eigenvalue weighted by Gasteiger charge is -2.16. The molecule has 2 heterocycles. The molecule has 160 valence electrons. The van der Waals surface area contributed by atoms with Crippen molar-refractivity contribution >= 4 is 28.7 Å². The molecule has 6 nitrogen and oxygen atoms in total. The molecule has 0 aliphatic rings. The second-order valence-electron chi connectivity index (χ2n) is 8.23. The van der Waals surface area contributed by atoms with Gasteiger partial charge in [-0.15, -0.1) is 0 Å². The van der Waals surface area contributed by atoms with Gasteiger partial charge in [0.1, 0.15) is 5.52 Å². The monoisotopic (exact) mass is 426 g/mol. The lowest BCUT2D eigenvalue weighted by Crippen LogP contribution is -2.29. The Hall–Kier alpha value is -2.54. The molecule has 0 bridgehead atoms. The van der Waals surface area contributed by atoms with Crippen molar-refractivity contribution in [3.05, 3.63) is 57.5 Å². The Bertz CT molecular complexity index is 1080. The van der Waals surface area contributed by atoms with Crippen molar-refractivity contribution < 1.29 is 4.79 Å². The zero-order chi connectivity index (χ0) is 21.8. The minimum Gasteiger partial charge on any atom is -0.353 e. The number of amides is 1. The van der Waals surface area contributed by atoms with Crippen LogP contribution in [-0.2, 0) is 11.3 Å². The number of thioether (sulfide) groups is 1. The average molecular weight is 427 g/mol. The summed E-state index contributed by atoms with van der Waals surface area (Å²) in [5, 5.41) is 3.62. The van der Waals surface area contributed by atoms with Crippen molar-refractivity contribution in [3.8, 4) is 0 Å². The molecule has 0 radical (unpaired) electrons. The molecule has 2 aromatic heterocycles. The van der Waals surface area contributed by atoms with Gasteiger partial charge >= 0.3 is 0 Å². The fraction of sp³-hybridized carbons (Fsp3) is 0.435. The number of hydrogen-bond acceptors (Lipinski definition) is 4. The van der Waals surface area contributed by atoms with Gasteiger partial charge < -0.3 is 10.3 Å². The number of hydrogen-bond donors (Lipinski definition) is 2. The van der Waals surface area contributed by atoms with Crippen LogP contribution in [0.3, 0.4) is 0 Å². The molecule has 0 saturated heterocycles. The second-order valence-corrected chi connectivity index (χ2v) is 9.18. The number of rotatable bonds is 8. The van der Waals surface area contributed by atoms with E-state index in [2.05, 4.69) is 29.1 Å². The van der Waals surface area contributed by atoms with Crippen LogP contribution in [0, 0.1) is 19.8 Å². The second kappa shape index (κ2) is 9.51. The largest absolute Gasteiger partial charge is 0.353 e. The van der Waals surface area contributed by atoms with Gasteiger partial charge in [0, 0.05) is 12.2 Å². The first-order chi connectivity index (χ1) is 14.2. The summed E-state index contributed by atoms with van der Waals surface area (Å²) >= 11 is 1.31. The smallest absolute Gasteiger partial charge is 0.278 e. The summed E-state index contributed by atoms with van der Waals surface area (Å²) < 4.78 is 1.69. The van der Waals surface area contributed by atoms with Gasteiger partial charge in [-0.05, 0) is 44.7 Å². The van der Waals surface area contributed by atoms with Gasteiger partial charge in [-0.3, -0.25) is 14.2 Å². The molecule has 7 heteroatoms. The Morgan fingerprint density at radius 3 is 2.57 bits per heavy atom. The third-order valence-corrected chi connectivity index (χ3v) is 6.03. The van der Waals surface area contributed by atoms with Crippen LogP contribution >= 0.6 is 11.8 Å². The SMILES string of the molecule is Cc1ccc([C@@H](C)NC(=O)CSc2nc3cc(C)[nH]c3c(=O)n2CCC(C)C)cc1. The van der Waals surface area contributed by atoms with Crippen molar-refractivity contribution in [3.63, 3.8) is 0 Å². The highest BCUT2D eigenvalue weighted by atomic mass is 32.2. The molecule has 0 unspecified atom stereocenters. The topological polar surface area (TPSA) is 79.8 Å². The molecule has 0 fully saturated rings. The van der Waals surface area contributed by atoms with E-state index in [0.717, 1.165) is 17.7 Å². The zero-order valence-electron chi connectivity index (χ0n) is 18.3. The molecule has 3 rings (SSSR count). The maximum atomic E-state index is 13.0. The predicted molar refractivity (Wildman–Crippen MR) is 123 cm³/mol. The molecule has 1 atom stereocenters. The molecule has 1 aromatic carbocycles. The summed E-state index contributed by atoms with van der Waals surface area (Å²) in [6, 6.07) is 9.93. The Morgan fingerprint density at radius 2 is 1.90 bits per heavy atom. The first kappa shape index (κ1) is 22.2. The van der Waals surface area contributed by atoms with E-state index in [1.165, 1.54) is 17.3 Å². The van der Waals surface area contributed by atoms with E-state index < -0.39 is 0 Å². The molecule has 0 spiro atoms. The highest BCUT2D eigenvalue weighted by molar-refractivity contribution is 7.99. The summed E-state index contributed by atoms with van der Waals surface area (Å²) in [6.07, 6.45) is 0.872. The van der Waals surface area contributed by atoms with Crippen molar-refractivity contribution in [2.24, 2.45) is 5.92 Å². The van der Waals surface area contributed by atoms with Crippen LogP contribution in [0.15, 0.2) is 40.3 Å². The van der Waals surface area contributed by atoms with Crippen molar-refractivity contribution in [1.29, 1.82) is 0 Å². The maximum absolute atomic E-state index is 13.0. The highest BCUT2D eigenvalue weighted by Gasteiger charge is 2.16. The van der Waals surface area contributed by atoms with Gasteiger partial charge in [-0.1, -0.05) is 55.4 Å². The molecule has 0 aliphatic carbocycles. The van der Waals surface area contributed by atoms with Crippen LogP contribution in [0.1, 0.15) is 50.1 Å². The van der Waals surface area contributed by atoms with Crippen molar-refractivity contribution in [1.82, 2.24) is 19.9 Å². The lowest BCUT2D eigenvalue weighted by molar-refractivity contribution is -0.119. The molecule has 0 aliphatic heterocycles. The minimum absolute atomic E-state index is 0.0790. The van der Waals surface area contributed by atoms with E-state index in [4.69, 9.17) is 0 Å². The Kier molecular flexibility index (Phi) is 7.02. The number of benzene rings is 1. The van der Waals surface area contributed by atoms with E-state index in [1.807, 2.05) is 51.1 Å². The molecular formula is C23H30N4O2S. The molecule has 1 amide bonds. The summed E-state index contributed by atoms with van der Waals surface area (Å²) in [5.74, 6) is 0.594. The lowest BCUT2D eigenvalue weighted by atomic mass is 10.1. The van der Waals surface area contributed by atoms with Crippen molar-refractivity contribution in [2.45, 2.75) is 58.8 Å². The fourth-order valence-corrected chi connectivity index (χ4v) is 4.09. The molecule has 2 N–H and O–H groups in total. The normalized spacial score (nSPS) is 12.5. The number of fused-ring (bicyclic) bond motifs is 1. The third-order valence-electron chi connectivity index (χ3n) is 5.05.